The number of ketones is 1. The molecule has 10 heteroatoms. The molecule has 1 aromatic heterocycles. The van der Waals surface area contributed by atoms with Gasteiger partial charge in [-0.05, 0) is 49.5 Å². The van der Waals surface area contributed by atoms with Crippen LogP contribution in [0.5, 0.6) is 11.5 Å². The highest BCUT2D eigenvalue weighted by atomic mass is 16.5. The zero-order valence-electron chi connectivity index (χ0n) is 21.8. The van der Waals surface area contributed by atoms with E-state index in [0.29, 0.717) is 30.1 Å². The molecule has 0 aliphatic carbocycles. The lowest BCUT2D eigenvalue weighted by Gasteiger charge is -2.32. The second-order valence-electron chi connectivity index (χ2n) is 9.63. The lowest BCUT2D eigenvalue weighted by molar-refractivity contribution is 0.101. The number of carbonyl (C=O) groups excluding carboxylic acids is 2. The number of allylic oxidation sites excluding steroid dienone is 1. The Labute approximate surface area is 222 Å². The third kappa shape index (κ3) is 5.52. The van der Waals surface area contributed by atoms with E-state index in [2.05, 4.69) is 44.3 Å². The van der Waals surface area contributed by atoms with Crippen molar-refractivity contribution in [3.05, 3.63) is 59.5 Å². The fraction of sp³-hybridized carbons (Fsp3) is 0.357. The van der Waals surface area contributed by atoms with Crippen LogP contribution in [0.1, 0.15) is 15.9 Å². The van der Waals surface area contributed by atoms with Crippen LogP contribution in [0.25, 0.3) is 17.0 Å². The monoisotopic (exact) mass is 518 g/mol. The van der Waals surface area contributed by atoms with Crippen molar-refractivity contribution >= 4 is 34.5 Å². The number of fused-ring (bicyclic) bond motifs is 2. The van der Waals surface area contributed by atoms with E-state index in [-0.39, 0.29) is 17.6 Å². The first kappa shape index (κ1) is 25.8. The van der Waals surface area contributed by atoms with Crippen molar-refractivity contribution in [2.75, 3.05) is 65.3 Å². The Hall–Kier alpha value is -3.86. The molecule has 0 bridgehead atoms. The van der Waals surface area contributed by atoms with Crippen molar-refractivity contribution in [2.24, 2.45) is 5.73 Å². The maximum Gasteiger partial charge on any atom is 0.319 e. The van der Waals surface area contributed by atoms with Crippen LogP contribution < -0.4 is 25.8 Å². The molecule has 10 nitrogen and oxygen atoms in total. The molecule has 5 rings (SSSR count). The van der Waals surface area contributed by atoms with Gasteiger partial charge in [0.05, 0.1) is 12.7 Å². The van der Waals surface area contributed by atoms with Crippen molar-refractivity contribution in [3.8, 4) is 11.5 Å². The van der Waals surface area contributed by atoms with Crippen molar-refractivity contribution in [1.82, 2.24) is 19.7 Å². The summed E-state index contributed by atoms with van der Waals surface area (Å²) in [5.74, 6) is 1.23. The maximum absolute atomic E-state index is 13.3. The van der Waals surface area contributed by atoms with Crippen LogP contribution in [0.2, 0.25) is 0 Å². The third-order valence-corrected chi connectivity index (χ3v) is 7.01. The number of hydrogen-bond donors (Lipinski definition) is 3. The fourth-order valence-electron chi connectivity index (χ4n) is 4.82. The lowest BCUT2D eigenvalue weighted by Crippen LogP contribution is -2.45. The molecule has 0 saturated carbocycles. The van der Waals surface area contributed by atoms with Gasteiger partial charge in [0.25, 0.3) is 0 Å². The summed E-state index contributed by atoms with van der Waals surface area (Å²) in [7, 11) is 3.80. The molecular weight excluding hydrogens is 484 g/mol. The first-order chi connectivity index (χ1) is 18.4. The number of rotatable bonds is 8. The first-order valence-electron chi connectivity index (χ1n) is 12.9. The van der Waals surface area contributed by atoms with E-state index in [1.807, 2.05) is 12.1 Å². The quantitative estimate of drug-likeness (QED) is 0.393. The average Bonchev–Trinajstić information content (AvgIpc) is 3.43. The van der Waals surface area contributed by atoms with E-state index < -0.39 is 0 Å². The largest absolute Gasteiger partial charge is 0.497 e. The number of hydrogen-bond acceptors (Lipinski definition) is 7. The summed E-state index contributed by atoms with van der Waals surface area (Å²) in [6, 6.07) is 10.6. The zero-order valence-corrected chi connectivity index (χ0v) is 21.8. The van der Waals surface area contributed by atoms with Crippen LogP contribution in [-0.2, 0) is 6.54 Å². The molecule has 1 fully saturated rings. The van der Waals surface area contributed by atoms with Crippen LogP contribution in [0.4, 0.5) is 10.5 Å². The number of piperazine rings is 1. The summed E-state index contributed by atoms with van der Waals surface area (Å²) in [6.07, 6.45) is 3.86. The highest BCUT2D eigenvalue weighted by Gasteiger charge is 2.28. The number of carbonyl (C=O) groups is 2. The minimum atomic E-state index is -0.379. The Morgan fingerprint density at radius 2 is 1.95 bits per heavy atom. The number of methoxy groups -OCH3 is 1. The van der Waals surface area contributed by atoms with Crippen LogP contribution in [0.3, 0.4) is 0 Å². The van der Waals surface area contributed by atoms with E-state index >= 15 is 0 Å². The third-order valence-electron chi connectivity index (χ3n) is 7.01. The molecule has 0 unspecified atom stereocenters. The van der Waals surface area contributed by atoms with Crippen LogP contribution >= 0.6 is 0 Å². The number of Topliss-reactive ketones (excluding diaryl/α,β-unsaturated/α-hetero) is 1. The van der Waals surface area contributed by atoms with Gasteiger partial charge in [0.1, 0.15) is 11.5 Å². The standard InChI is InChI=1S/C28H34N6O4/c1-32-9-11-33(12-10-32)13-14-34-18-19(22-17-21(37-2)4-5-24(22)34)15-26-27(35)23-16-20(3-6-25(23)38-26)31-28(36)30-8-7-29/h3-6,15-18H,7-14,29H2,1-2H3,(H2,30,31,36). The summed E-state index contributed by atoms with van der Waals surface area (Å²) in [6.45, 7) is 6.78. The smallest absolute Gasteiger partial charge is 0.319 e. The molecule has 0 radical (unpaired) electrons. The maximum atomic E-state index is 13.3. The minimum Gasteiger partial charge on any atom is -0.497 e. The molecule has 200 valence electrons. The van der Waals surface area contributed by atoms with E-state index in [0.717, 1.165) is 61.5 Å². The van der Waals surface area contributed by atoms with E-state index in [4.69, 9.17) is 15.2 Å². The number of urea groups is 1. The molecular formula is C28H34N6O4. The SMILES string of the molecule is COc1ccc2c(c1)c(C=C1Oc3ccc(NC(=O)NCCN)cc3C1=O)cn2CCN1CCN(C)CC1. The second-order valence-corrected chi connectivity index (χ2v) is 9.63. The normalized spacial score (nSPS) is 17.0. The molecule has 2 aromatic carbocycles. The Bertz CT molecular complexity index is 1370. The number of aromatic nitrogens is 1. The summed E-state index contributed by atoms with van der Waals surface area (Å²) >= 11 is 0. The Kier molecular flexibility index (Phi) is 7.64. The average molecular weight is 519 g/mol. The van der Waals surface area contributed by atoms with E-state index in [9.17, 15) is 9.59 Å². The number of nitrogens with two attached hydrogens (primary N) is 1. The summed E-state index contributed by atoms with van der Waals surface area (Å²) in [5.41, 5.74) is 8.29. The van der Waals surface area contributed by atoms with Crippen molar-refractivity contribution in [3.63, 3.8) is 0 Å². The Morgan fingerprint density at radius 3 is 2.71 bits per heavy atom. The second kappa shape index (κ2) is 11.3. The number of likely N-dealkylation sites (N-methyl/N-ethyl adjacent to an activating group) is 1. The molecule has 2 amide bonds. The van der Waals surface area contributed by atoms with Gasteiger partial charge in [-0.3, -0.25) is 9.69 Å². The molecule has 3 aromatic rings. The highest BCUT2D eigenvalue weighted by Crippen LogP contribution is 2.35. The van der Waals surface area contributed by atoms with Gasteiger partial charge < -0.3 is 35.3 Å². The van der Waals surface area contributed by atoms with Gasteiger partial charge >= 0.3 is 6.03 Å². The molecule has 2 aliphatic heterocycles. The molecule has 38 heavy (non-hydrogen) atoms. The lowest BCUT2D eigenvalue weighted by atomic mass is 10.1. The zero-order chi connectivity index (χ0) is 26.6. The van der Waals surface area contributed by atoms with Crippen LogP contribution in [0, 0.1) is 0 Å². The van der Waals surface area contributed by atoms with E-state index in [1.54, 1.807) is 31.4 Å². The predicted molar refractivity (Wildman–Crippen MR) is 148 cm³/mol. The minimum absolute atomic E-state index is 0.229. The molecule has 3 heterocycles. The summed E-state index contributed by atoms with van der Waals surface area (Å²) in [5, 5.41) is 6.35. The van der Waals surface area contributed by atoms with Gasteiger partial charge in [-0.15, -0.1) is 0 Å². The van der Waals surface area contributed by atoms with Crippen molar-refractivity contribution < 1.29 is 19.1 Å². The number of nitrogens with zero attached hydrogens (tertiary/aromatic N) is 3. The fourth-order valence-corrected chi connectivity index (χ4v) is 4.82. The molecule has 1 saturated heterocycles. The number of ether oxygens (including phenoxy) is 2. The first-order valence-corrected chi connectivity index (χ1v) is 12.9. The molecule has 0 spiro atoms. The van der Waals surface area contributed by atoms with Gasteiger partial charge in [0, 0.05) is 80.7 Å². The topological polar surface area (TPSA) is 114 Å². The van der Waals surface area contributed by atoms with Gasteiger partial charge in [-0.1, -0.05) is 0 Å². The van der Waals surface area contributed by atoms with Crippen molar-refractivity contribution in [2.45, 2.75) is 6.54 Å². The summed E-state index contributed by atoms with van der Waals surface area (Å²) < 4.78 is 13.6. The number of anilines is 1. The summed E-state index contributed by atoms with van der Waals surface area (Å²) in [4.78, 5) is 30.1. The predicted octanol–water partition coefficient (Wildman–Crippen LogP) is 2.59. The number of benzene rings is 2. The number of nitrogens with one attached hydrogen (secondary N) is 2. The van der Waals surface area contributed by atoms with Gasteiger partial charge in [-0.2, -0.15) is 0 Å². The number of amides is 2. The van der Waals surface area contributed by atoms with Gasteiger partial charge in [-0.25, -0.2) is 4.79 Å². The molecule has 0 atom stereocenters. The van der Waals surface area contributed by atoms with Crippen molar-refractivity contribution in [1.29, 1.82) is 0 Å². The molecule has 2 aliphatic rings. The highest BCUT2D eigenvalue weighted by molar-refractivity contribution is 6.15. The van der Waals surface area contributed by atoms with E-state index in [1.165, 1.54) is 0 Å². The van der Waals surface area contributed by atoms with Gasteiger partial charge in [0.15, 0.2) is 5.76 Å². The van der Waals surface area contributed by atoms with Crippen LogP contribution in [0.15, 0.2) is 48.4 Å². The Morgan fingerprint density at radius 1 is 1.13 bits per heavy atom. The Balaban J connectivity index is 1.38. The molecule has 4 N–H and O–H groups in total. The van der Waals surface area contributed by atoms with Gasteiger partial charge in [0.2, 0.25) is 5.78 Å². The van der Waals surface area contributed by atoms with Crippen LogP contribution in [-0.4, -0.2) is 86.2 Å².